The van der Waals surface area contributed by atoms with Gasteiger partial charge in [0, 0.05) is 12.8 Å². The van der Waals surface area contributed by atoms with Crippen LogP contribution in [0.5, 0.6) is 0 Å². The highest BCUT2D eigenvalue weighted by Gasteiger charge is 2.26. The maximum atomic E-state index is 11.6. The van der Waals surface area contributed by atoms with Crippen LogP contribution < -0.4 is 0 Å². The average molecular weight is 212 g/mol. The first kappa shape index (κ1) is 12.2. The van der Waals surface area contributed by atoms with Crippen LogP contribution in [-0.4, -0.2) is 18.4 Å². The lowest BCUT2D eigenvalue weighted by Crippen LogP contribution is -2.27. The summed E-state index contributed by atoms with van der Waals surface area (Å²) in [6.07, 6.45) is 2.41. The SMILES string of the molecule is CC(C)(C)COC(=O)C1CCC(=O)CC1. The van der Waals surface area contributed by atoms with Gasteiger partial charge in [0.1, 0.15) is 5.78 Å². The Morgan fingerprint density at radius 3 is 2.33 bits per heavy atom. The molecule has 0 atom stereocenters. The fourth-order valence-corrected chi connectivity index (χ4v) is 1.58. The zero-order valence-corrected chi connectivity index (χ0v) is 9.84. The van der Waals surface area contributed by atoms with Gasteiger partial charge in [0.25, 0.3) is 0 Å². The lowest BCUT2D eigenvalue weighted by Gasteiger charge is -2.23. The summed E-state index contributed by atoms with van der Waals surface area (Å²) in [5.74, 6) is 0.0948. The largest absolute Gasteiger partial charge is 0.465 e. The zero-order valence-electron chi connectivity index (χ0n) is 9.84. The maximum absolute atomic E-state index is 11.6. The Morgan fingerprint density at radius 1 is 1.33 bits per heavy atom. The number of Topliss-reactive ketones (excluding diaryl/α,β-unsaturated/α-hetero) is 1. The molecule has 0 unspecified atom stereocenters. The number of esters is 1. The van der Waals surface area contributed by atoms with E-state index in [1.807, 2.05) is 20.8 Å². The second kappa shape index (κ2) is 4.77. The van der Waals surface area contributed by atoms with Crippen LogP contribution in [0, 0.1) is 11.3 Å². The molecule has 1 saturated carbocycles. The van der Waals surface area contributed by atoms with Gasteiger partial charge >= 0.3 is 5.97 Å². The van der Waals surface area contributed by atoms with Crippen LogP contribution in [-0.2, 0) is 14.3 Å². The smallest absolute Gasteiger partial charge is 0.308 e. The van der Waals surface area contributed by atoms with Gasteiger partial charge in [-0.15, -0.1) is 0 Å². The molecular weight excluding hydrogens is 192 g/mol. The molecule has 1 aliphatic carbocycles. The maximum Gasteiger partial charge on any atom is 0.308 e. The predicted molar refractivity (Wildman–Crippen MR) is 57.4 cm³/mol. The van der Waals surface area contributed by atoms with E-state index in [0.717, 1.165) is 0 Å². The van der Waals surface area contributed by atoms with E-state index in [-0.39, 0.29) is 23.1 Å². The molecule has 0 N–H and O–H groups in total. The first-order valence-corrected chi connectivity index (χ1v) is 5.57. The molecule has 1 rings (SSSR count). The minimum Gasteiger partial charge on any atom is -0.465 e. The van der Waals surface area contributed by atoms with E-state index in [9.17, 15) is 9.59 Å². The monoisotopic (exact) mass is 212 g/mol. The van der Waals surface area contributed by atoms with E-state index in [0.29, 0.717) is 32.3 Å². The molecule has 0 saturated heterocycles. The fourth-order valence-electron chi connectivity index (χ4n) is 1.58. The van der Waals surface area contributed by atoms with Crippen LogP contribution in [0.4, 0.5) is 0 Å². The van der Waals surface area contributed by atoms with Crippen LogP contribution in [0.15, 0.2) is 0 Å². The third-order valence-corrected chi connectivity index (χ3v) is 2.52. The molecule has 15 heavy (non-hydrogen) atoms. The third-order valence-electron chi connectivity index (χ3n) is 2.52. The summed E-state index contributed by atoms with van der Waals surface area (Å²) in [6.45, 7) is 6.55. The van der Waals surface area contributed by atoms with Crippen LogP contribution in [0.2, 0.25) is 0 Å². The van der Waals surface area contributed by atoms with Gasteiger partial charge in [0.05, 0.1) is 12.5 Å². The van der Waals surface area contributed by atoms with Gasteiger partial charge in [0.2, 0.25) is 0 Å². The topological polar surface area (TPSA) is 43.4 Å². The molecule has 3 heteroatoms. The van der Waals surface area contributed by atoms with Crippen LogP contribution in [0.3, 0.4) is 0 Å². The van der Waals surface area contributed by atoms with Gasteiger partial charge in [-0.25, -0.2) is 0 Å². The molecule has 0 aromatic carbocycles. The molecule has 0 aromatic heterocycles. The number of hydrogen-bond acceptors (Lipinski definition) is 3. The van der Waals surface area contributed by atoms with E-state index in [1.165, 1.54) is 0 Å². The van der Waals surface area contributed by atoms with Crippen molar-refractivity contribution in [2.75, 3.05) is 6.61 Å². The first-order valence-electron chi connectivity index (χ1n) is 5.57. The van der Waals surface area contributed by atoms with E-state index in [1.54, 1.807) is 0 Å². The van der Waals surface area contributed by atoms with Crippen molar-refractivity contribution in [1.29, 1.82) is 0 Å². The molecule has 3 nitrogen and oxygen atoms in total. The second-order valence-electron chi connectivity index (χ2n) is 5.48. The quantitative estimate of drug-likeness (QED) is 0.660. The van der Waals surface area contributed by atoms with Gasteiger partial charge in [-0.2, -0.15) is 0 Å². The third kappa shape index (κ3) is 4.45. The number of ether oxygens (including phenoxy) is 1. The van der Waals surface area contributed by atoms with Crippen molar-refractivity contribution in [3.05, 3.63) is 0 Å². The van der Waals surface area contributed by atoms with E-state index < -0.39 is 0 Å². The molecule has 0 spiro atoms. The Hall–Kier alpha value is -0.860. The molecule has 0 aromatic rings. The van der Waals surface area contributed by atoms with Gasteiger partial charge in [-0.1, -0.05) is 20.8 Å². The summed E-state index contributed by atoms with van der Waals surface area (Å²) in [6, 6.07) is 0. The number of hydrogen-bond donors (Lipinski definition) is 0. The minimum absolute atomic E-state index is 0.0140. The van der Waals surface area contributed by atoms with Crippen molar-refractivity contribution in [2.24, 2.45) is 11.3 Å². The zero-order chi connectivity index (χ0) is 11.5. The van der Waals surface area contributed by atoms with E-state index in [2.05, 4.69) is 0 Å². The first-order chi connectivity index (χ1) is 6.88. The van der Waals surface area contributed by atoms with Crippen molar-refractivity contribution < 1.29 is 14.3 Å². The summed E-state index contributed by atoms with van der Waals surface area (Å²) in [5.41, 5.74) is 0.0140. The summed E-state index contributed by atoms with van der Waals surface area (Å²) in [4.78, 5) is 22.6. The highest BCUT2D eigenvalue weighted by molar-refractivity contribution is 5.82. The van der Waals surface area contributed by atoms with Crippen molar-refractivity contribution in [2.45, 2.75) is 46.5 Å². The van der Waals surface area contributed by atoms with Crippen LogP contribution in [0.1, 0.15) is 46.5 Å². The Morgan fingerprint density at radius 2 is 1.87 bits per heavy atom. The van der Waals surface area contributed by atoms with Crippen molar-refractivity contribution in [3.63, 3.8) is 0 Å². The average Bonchev–Trinajstić information content (AvgIpc) is 2.14. The van der Waals surface area contributed by atoms with Crippen molar-refractivity contribution >= 4 is 11.8 Å². The van der Waals surface area contributed by atoms with Gasteiger partial charge in [-0.05, 0) is 18.3 Å². The van der Waals surface area contributed by atoms with Crippen molar-refractivity contribution in [1.82, 2.24) is 0 Å². The normalized spacial score (nSPS) is 19.0. The fraction of sp³-hybridized carbons (Fsp3) is 0.833. The highest BCUT2D eigenvalue weighted by Crippen LogP contribution is 2.23. The summed E-state index contributed by atoms with van der Waals surface area (Å²) >= 11 is 0. The molecule has 0 amide bonds. The van der Waals surface area contributed by atoms with Gasteiger partial charge in [0.15, 0.2) is 0 Å². The number of carbonyl (C=O) groups is 2. The summed E-state index contributed by atoms with van der Waals surface area (Å²) < 4.78 is 5.23. The second-order valence-corrected chi connectivity index (χ2v) is 5.48. The lowest BCUT2D eigenvalue weighted by atomic mass is 9.88. The van der Waals surface area contributed by atoms with E-state index >= 15 is 0 Å². The molecule has 1 fully saturated rings. The highest BCUT2D eigenvalue weighted by atomic mass is 16.5. The van der Waals surface area contributed by atoms with Crippen LogP contribution in [0.25, 0.3) is 0 Å². The predicted octanol–water partition coefficient (Wildman–Crippen LogP) is 2.33. The molecule has 0 heterocycles. The number of ketones is 1. The van der Waals surface area contributed by atoms with E-state index in [4.69, 9.17) is 4.74 Å². The molecule has 86 valence electrons. The summed E-state index contributed by atoms with van der Waals surface area (Å²) in [7, 11) is 0. The standard InChI is InChI=1S/C12H20O3/c1-12(2,3)8-15-11(14)9-4-6-10(13)7-5-9/h9H,4-8H2,1-3H3. The Kier molecular flexibility index (Phi) is 3.89. The molecule has 0 radical (unpaired) electrons. The molecular formula is C12H20O3. The Labute approximate surface area is 91.2 Å². The van der Waals surface area contributed by atoms with Crippen LogP contribution >= 0.6 is 0 Å². The molecule has 1 aliphatic rings. The molecule has 0 aliphatic heterocycles. The number of carbonyl (C=O) groups excluding carboxylic acids is 2. The number of rotatable bonds is 2. The lowest BCUT2D eigenvalue weighted by molar-refractivity contribution is -0.152. The Bertz CT molecular complexity index is 240. The minimum atomic E-state index is -0.127. The van der Waals surface area contributed by atoms with Crippen molar-refractivity contribution in [3.8, 4) is 0 Å². The Balaban J connectivity index is 2.31. The summed E-state index contributed by atoms with van der Waals surface area (Å²) in [5, 5.41) is 0. The van der Waals surface area contributed by atoms with Gasteiger partial charge < -0.3 is 4.74 Å². The molecule has 0 bridgehead atoms. The van der Waals surface area contributed by atoms with Gasteiger partial charge in [-0.3, -0.25) is 9.59 Å².